The van der Waals surface area contributed by atoms with Gasteiger partial charge >= 0.3 is 0 Å². The highest BCUT2D eigenvalue weighted by Gasteiger charge is 2.46. The molecule has 4 rings (SSSR count). The molecule has 1 saturated heterocycles. The Morgan fingerprint density at radius 1 is 1.06 bits per heavy atom. The molecule has 1 atom stereocenters. The third kappa shape index (κ3) is 4.05. The van der Waals surface area contributed by atoms with Crippen LogP contribution in [0, 0.1) is 6.92 Å². The van der Waals surface area contributed by atoms with Crippen molar-refractivity contribution in [2.75, 3.05) is 14.2 Å². The fourth-order valence-corrected chi connectivity index (χ4v) is 4.12. The number of rotatable bonds is 6. The minimum Gasteiger partial charge on any atom is -0.507 e. The van der Waals surface area contributed by atoms with Gasteiger partial charge in [-0.05, 0) is 60.0 Å². The van der Waals surface area contributed by atoms with Crippen LogP contribution in [0.4, 0.5) is 0 Å². The Kier molecular flexibility index (Phi) is 6.23. The van der Waals surface area contributed by atoms with Gasteiger partial charge in [0.15, 0.2) is 11.5 Å². The van der Waals surface area contributed by atoms with Gasteiger partial charge in [-0.15, -0.1) is 0 Å². The van der Waals surface area contributed by atoms with Crippen LogP contribution in [0.3, 0.4) is 0 Å². The van der Waals surface area contributed by atoms with E-state index in [9.17, 15) is 19.8 Å². The predicted molar refractivity (Wildman–Crippen MR) is 124 cm³/mol. The zero-order valence-corrected chi connectivity index (χ0v) is 19.0. The smallest absolute Gasteiger partial charge is 0.295 e. The highest BCUT2D eigenvalue weighted by Crippen LogP contribution is 2.42. The van der Waals surface area contributed by atoms with Crippen LogP contribution in [0.1, 0.15) is 28.3 Å². The number of amides is 1. The molecule has 0 radical (unpaired) electrons. The van der Waals surface area contributed by atoms with Crippen molar-refractivity contribution in [1.82, 2.24) is 9.88 Å². The van der Waals surface area contributed by atoms with Gasteiger partial charge in [-0.25, -0.2) is 0 Å². The van der Waals surface area contributed by atoms with Crippen molar-refractivity contribution >= 4 is 17.4 Å². The predicted octanol–water partition coefficient (Wildman–Crippen LogP) is 3.73. The molecule has 8 heteroatoms. The second-order valence-electron chi connectivity index (χ2n) is 7.90. The number of aromatic nitrogens is 1. The number of carbonyl (C=O) groups excluding carboxylic acids is 2. The van der Waals surface area contributed by atoms with E-state index in [1.54, 1.807) is 62.0 Å². The summed E-state index contributed by atoms with van der Waals surface area (Å²) < 4.78 is 10.5. The molecule has 0 unspecified atom stereocenters. The molecule has 1 aliphatic rings. The van der Waals surface area contributed by atoms with Crippen LogP contribution >= 0.6 is 0 Å². The first-order valence-electron chi connectivity index (χ1n) is 10.5. The van der Waals surface area contributed by atoms with Crippen LogP contribution in [-0.4, -0.2) is 46.0 Å². The van der Waals surface area contributed by atoms with E-state index in [0.29, 0.717) is 16.9 Å². The van der Waals surface area contributed by atoms with Gasteiger partial charge in [0.2, 0.25) is 0 Å². The first kappa shape index (κ1) is 22.8. The Balaban J connectivity index is 1.89. The van der Waals surface area contributed by atoms with Crippen LogP contribution in [0.25, 0.3) is 5.76 Å². The van der Waals surface area contributed by atoms with Crippen LogP contribution in [0.5, 0.6) is 17.2 Å². The Morgan fingerprint density at radius 2 is 1.82 bits per heavy atom. The number of nitrogens with zero attached hydrogens (tertiary/aromatic N) is 2. The Labute approximate surface area is 196 Å². The molecule has 1 aromatic heterocycles. The van der Waals surface area contributed by atoms with Crippen molar-refractivity contribution in [2.24, 2.45) is 0 Å². The van der Waals surface area contributed by atoms with Crippen molar-refractivity contribution < 1.29 is 29.3 Å². The number of aliphatic hydroxyl groups is 1. The standard InChI is InChI=1S/C26H24N2O6/c1-15-11-18(7-9-20(15)33-2)24(30)22-23(17-6-8-19(29)21(12-17)34-3)28(26(32)25(22)31)14-16-5-4-10-27-13-16/h4-13,23,29-30H,14H2,1-3H3/t23-/m1/s1. The van der Waals surface area contributed by atoms with E-state index in [2.05, 4.69) is 4.98 Å². The van der Waals surface area contributed by atoms with Gasteiger partial charge in [0, 0.05) is 24.5 Å². The number of phenolic OH excluding ortho intramolecular Hbond substituents is 1. The number of ketones is 1. The number of hydrogen-bond acceptors (Lipinski definition) is 7. The largest absolute Gasteiger partial charge is 0.507 e. The molecule has 0 aliphatic carbocycles. The van der Waals surface area contributed by atoms with E-state index in [-0.39, 0.29) is 29.4 Å². The molecule has 8 nitrogen and oxygen atoms in total. The third-order valence-corrected chi connectivity index (χ3v) is 5.80. The monoisotopic (exact) mass is 460 g/mol. The fourth-order valence-electron chi connectivity index (χ4n) is 4.12. The second-order valence-corrected chi connectivity index (χ2v) is 7.90. The summed E-state index contributed by atoms with van der Waals surface area (Å²) in [6, 6.07) is 12.2. The van der Waals surface area contributed by atoms with E-state index in [0.717, 1.165) is 11.1 Å². The molecule has 0 saturated carbocycles. The van der Waals surface area contributed by atoms with Crippen molar-refractivity contribution in [1.29, 1.82) is 0 Å². The highest BCUT2D eigenvalue weighted by atomic mass is 16.5. The SMILES string of the molecule is COc1ccc(C(O)=C2C(=O)C(=O)N(Cc3cccnc3)[C@@H]2c2ccc(O)c(OC)c2)cc1C. The van der Waals surface area contributed by atoms with Crippen LogP contribution in [0.15, 0.2) is 66.5 Å². The molecule has 2 N–H and O–H groups in total. The number of Topliss-reactive ketones (excluding diaryl/α,β-unsaturated/α-hetero) is 1. The quantitative estimate of drug-likeness (QED) is 0.328. The molecule has 174 valence electrons. The van der Waals surface area contributed by atoms with Crippen molar-refractivity contribution in [3.63, 3.8) is 0 Å². The van der Waals surface area contributed by atoms with Gasteiger partial charge in [-0.1, -0.05) is 12.1 Å². The number of benzene rings is 2. The number of aromatic hydroxyl groups is 1. The molecule has 1 aliphatic heterocycles. The van der Waals surface area contributed by atoms with Gasteiger partial charge in [-0.3, -0.25) is 14.6 Å². The number of hydrogen-bond donors (Lipinski definition) is 2. The molecule has 0 bridgehead atoms. The summed E-state index contributed by atoms with van der Waals surface area (Å²) in [5, 5.41) is 21.3. The summed E-state index contributed by atoms with van der Waals surface area (Å²) in [7, 11) is 2.95. The average Bonchev–Trinajstić information content (AvgIpc) is 3.09. The maximum atomic E-state index is 13.2. The first-order chi connectivity index (χ1) is 16.3. The number of aliphatic hydroxyl groups excluding tert-OH is 1. The lowest BCUT2D eigenvalue weighted by Gasteiger charge is -2.25. The molecular formula is C26H24N2O6. The number of ether oxygens (including phenoxy) is 2. The van der Waals surface area contributed by atoms with E-state index >= 15 is 0 Å². The average molecular weight is 460 g/mol. The van der Waals surface area contributed by atoms with Crippen LogP contribution in [-0.2, 0) is 16.1 Å². The lowest BCUT2D eigenvalue weighted by molar-refractivity contribution is -0.140. The molecular weight excluding hydrogens is 436 g/mol. The summed E-state index contributed by atoms with van der Waals surface area (Å²) >= 11 is 0. The van der Waals surface area contributed by atoms with Gasteiger partial charge in [0.05, 0.1) is 25.8 Å². The Hall–Kier alpha value is -4.33. The summed E-state index contributed by atoms with van der Waals surface area (Å²) in [6.45, 7) is 1.92. The lowest BCUT2D eigenvalue weighted by Crippen LogP contribution is -2.29. The Morgan fingerprint density at radius 3 is 2.47 bits per heavy atom. The third-order valence-electron chi connectivity index (χ3n) is 5.80. The molecule has 0 spiro atoms. The minimum absolute atomic E-state index is 0.0498. The van der Waals surface area contributed by atoms with Gasteiger partial charge in [0.25, 0.3) is 11.7 Å². The molecule has 3 aromatic rings. The maximum absolute atomic E-state index is 13.2. The number of aryl methyl sites for hydroxylation is 1. The van der Waals surface area contributed by atoms with Gasteiger partial charge in [-0.2, -0.15) is 0 Å². The number of methoxy groups -OCH3 is 2. The maximum Gasteiger partial charge on any atom is 0.295 e. The Bertz CT molecular complexity index is 1290. The number of pyridine rings is 1. The first-order valence-corrected chi connectivity index (χ1v) is 10.5. The summed E-state index contributed by atoms with van der Waals surface area (Å²) in [5.41, 5.74) is 2.32. The molecule has 1 amide bonds. The van der Waals surface area contributed by atoms with E-state index in [1.165, 1.54) is 18.1 Å². The second kappa shape index (κ2) is 9.27. The summed E-state index contributed by atoms with van der Waals surface area (Å²) in [6.07, 6.45) is 3.23. The highest BCUT2D eigenvalue weighted by molar-refractivity contribution is 6.46. The van der Waals surface area contributed by atoms with Crippen molar-refractivity contribution in [2.45, 2.75) is 19.5 Å². The molecule has 2 aromatic carbocycles. The number of likely N-dealkylation sites (tertiary alicyclic amines) is 1. The minimum atomic E-state index is -0.905. The summed E-state index contributed by atoms with van der Waals surface area (Å²) in [4.78, 5) is 31.8. The number of phenols is 1. The topological polar surface area (TPSA) is 109 Å². The molecule has 1 fully saturated rings. The van der Waals surface area contributed by atoms with Gasteiger partial charge < -0.3 is 24.6 Å². The zero-order chi connectivity index (χ0) is 24.4. The zero-order valence-electron chi connectivity index (χ0n) is 19.0. The van der Waals surface area contributed by atoms with Crippen LogP contribution < -0.4 is 9.47 Å². The fraction of sp³-hybridized carbons (Fsp3) is 0.192. The van der Waals surface area contributed by atoms with Crippen molar-refractivity contribution in [3.05, 3.63) is 88.8 Å². The van der Waals surface area contributed by atoms with E-state index < -0.39 is 17.7 Å². The summed E-state index contributed by atoms with van der Waals surface area (Å²) in [5.74, 6) is -1.10. The molecule has 34 heavy (non-hydrogen) atoms. The molecule has 2 heterocycles. The van der Waals surface area contributed by atoms with Crippen LogP contribution in [0.2, 0.25) is 0 Å². The number of carbonyl (C=O) groups is 2. The van der Waals surface area contributed by atoms with E-state index in [1.807, 2.05) is 6.92 Å². The van der Waals surface area contributed by atoms with Crippen molar-refractivity contribution in [3.8, 4) is 17.2 Å². The lowest BCUT2D eigenvalue weighted by atomic mass is 9.94. The van der Waals surface area contributed by atoms with Gasteiger partial charge in [0.1, 0.15) is 11.5 Å². The normalized spacial score (nSPS) is 17.1. The van der Waals surface area contributed by atoms with E-state index in [4.69, 9.17) is 9.47 Å².